The zero-order valence-corrected chi connectivity index (χ0v) is 10.2. The van der Waals surface area contributed by atoms with E-state index >= 15 is 0 Å². The van der Waals surface area contributed by atoms with E-state index in [9.17, 15) is 18.0 Å². The lowest BCUT2D eigenvalue weighted by Crippen LogP contribution is -2.33. The van der Waals surface area contributed by atoms with Crippen LogP contribution in [0.2, 0.25) is 0 Å². The first kappa shape index (κ1) is 15.3. The summed E-state index contributed by atoms with van der Waals surface area (Å²) >= 11 is 0. The summed E-state index contributed by atoms with van der Waals surface area (Å²) < 4.78 is 39.3. The average Bonchev–Trinajstić information content (AvgIpc) is 2.37. The quantitative estimate of drug-likeness (QED) is 0.717. The predicted molar refractivity (Wildman–Crippen MR) is 61.2 cm³/mol. The van der Waals surface area contributed by atoms with Crippen LogP contribution in [0.25, 0.3) is 0 Å². The summed E-state index contributed by atoms with van der Waals surface area (Å²) in [4.78, 5) is 11.6. The molecule has 0 aromatic heterocycles. The van der Waals surface area contributed by atoms with E-state index in [1.165, 1.54) is 0 Å². The maximum atomic E-state index is 13.4. The zero-order chi connectivity index (χ0) is 14.6. The highest BCUT2D eigenvalue weighted by molar-refractivity contribution is 5.95. The monoisotopic (exact) mass is 277 g/mol. The van der Waals surface area contributed by atoms with Crippen molar-refractivity contribution in [3.63, 3.8) is 0 Å². The molecule has 0 aliphatic rings. The number of aliphatic hydroxyl groups is 1. The van der Waals surface area contributed by atoms with Gasteiger partial charge in [0, 0.05) is 12.6 Å². The number of hydrogen-bond donors (Lipinski definition) is 3. The molecule has 106 valence electrons. The Bertz CT molecular complexity index is 480. The highest BCUT2D eigenvalue weighted by Gasteiger charge is 2.23. The Morgan fingerprint density at radius 1 is 1.37 bits per heavy atom. The number of hydrogen-bond acceptors (Lipinski definition) is 3. The minimum atomic E-state index is -1.73. The number of aliphatic hydroxyl groups excluding tert-OH is 1. The normalized spacial score (nSPS) is 12.3. The number of carbonyl (C=O) groups is 1. The van der Waals surface area contributed by atoms with E-state index < -0.39 is 34.7 Å². The van der Waals surface area contributed by atoms with Crippen LogP contribution in [0.3, 0.4) is 0 Å². The van der Waals surface area contributed by atoms with E-state index in [1.54, 1.807) is 6.92 Å². The molecule has 1 aromatic rings. The number of halogens is 3. The smallest absolute Gasteiger partial charge is 0.254 e. The van der Waals surface area contributed by atoms with Crippen LogP contribution in [0.5, 0.6) is 5.75 Å². The van der Waals surface area contributed by atoms with Gasteiger partial charge in [0.05, 0.1) is 5.56 Å². The highest BCUT2D eigenvalue weighted by Crippen LogP contribution is 2.25. The lowest BCUT2D eigenvalue weighted by Gasteiger charge is -2.14. The fourth-order valence-corrected chi connectivity index (χ4v) is 1.53. The molecule has 19 heavy (non-hydrogen) atoms. The number of nitrogens with one attached hydrogen (secondary N) is 1. The van der Waals surface area contributed by atoms with E-state index in [2.05, 4.69) is 5.32 Å². The van der Waals surface area contributed by atoms with Crippen LogP contribution in [0, 0.1) is 17.5 Å². The van der Waals surface area contributed by atoms with E-state index in [0.29, 0.717) is 18.9 Å². The maximum Gasteiger partial charge on any atom is 0.254 e. The van der Waals surface area contributed by atoms with Crippen molar-refractivity contribution in [3.05, 3.63) is 29.1 Å². The van der Waals surface area contributed by atoms with Gasteiger partial charge in [-0.25, -0.2) is 8.78 Å². The summed E-state index contributed by atoms with van der Waals surface area (Å²) in [6.45, 7) is 1.56. The third kappa shape index (κ3) is 3.60. The molecule has 0 bridgehead atoms. The summed E-state index contributed by atoms with van der Waals surface area (Å²) in [6.07, 6.45) is 0.881. The summed E-state index contributed by atoms with van der Waals surface area (Å²) in [7, 11) is 0. The lowest BCUT2D eigenvalue weighted by molar-refractivity contribution is 0.0930. The third-order valence-corrected chi connectivity index (χ3v) is 2.55. The second kappa shape index (κ2) is 6.42. The van der Waals surface area contributed by atoms with Gasteiger partial charge in [0.25, 0.3) is 5.91 Å². The minimum Gasteiger partial charge on any atom is -0.503 e. The molecule has 1 amide bonds. The Kier molecular flexibility index (Phi) is 5.17. The molecular formula is C12H14F3NO3. The van der Waals surface area contributed by atoms with Crippen molar-refractivity contribution in [2.75, 3.05) is 6.61 Å². The van der Waals surface area contributed by atoms with Crippen LogP contribution >= 0.6 is 0 Å². The van der Waals surface area contributed by atoms with Crippen molar-refractivity contribution in [3.8, 4) is 5.75 Å². The summed E-state index contributed by atoms with van der Waals surface area (Å²) in [6, 6.07) is 0.00711. The van der Waals surface area contributed by atoms with E-state index in [-0.39, 0.29) is 12.6 Å². The van der Waals surface area contributed by atoms with Crippen molar-refractivity contribution in [2.45, 2.75) is 25.8 Å². The second-order valence-corrected chi connectivity index (χ2v) is 4.12. The van der Waals surface area contributed by atoms with Crippen molar-refractivity contribution in [1.82, 2.24) is 5.32 Å². The van der Waals surface area contributed by atoms with E-state index in [0.717, 1.165) is 0 Å². The molecule has 0 aliphatic carbocycles. The molecule has 0 aliphatic heterocycles. The van der Waals surface area contributed by atoms with Crippen molar-refractivity contribution < 1.29 is 28.2 Å². The van der Waals surface area contributed by atoms with E-state index in [1.807, 2.05) is 0 Å². The van der Waals surface area contributed by atoms with Crippen molar-refractivity contribution >= 4 is 5.91 Å². The first-order valence-corrected chi connectivity index (χ1v) is 5.66. The molecule has 1 aromatic carbocycles. The van der Waals surface area contributed by atoms with Crippen LogP contribution in [0.1, 0.15) is 30.1 Å². The molecule has 0 saturated carbocycles. The van der Waals surface area contributed by atoms with Crippen LogP contribution in [-0.4, -0.2) is 28.8 Å². The van der Waals surface area contributed by atoms with Gasteiger partial charge in [-0.3, -0.25) is 4.79 Å². The molecule has 0 fully saturated rings. The van der Waals surface area contributed by atoms with Gasteiger partial charge in [-0.05, 0) is 25.8 Å². The average molecular weight is 277 g/mol. The van der Waals surface area contributed by atoms with Gasteiger partial charge < -0.3 is 15.5 Å². The molecule has 1 unspecified atom stereocenters. The molecule has 1 atom stereocenters. The predicted octanol–water partition coefficient (Wildman–Crippen LogP) is 1.70. The van der Waals surface area contributed by atoms with Gasteiger partial charge in [0.1, 0.15) is 0 Å². The Hall–Kier alpha value is -1.76. The van der Waals surface area contributed by atoms with Crippen molar-refractivity contribution in [2.24, 2.45) is 0 Å². The fraction of sp³-hybridized carbons (Fsp3) is 0.417. The number of benzene rings is 1. The van der Waals surface area contributed by atoms with Crippen molar-refractivity contribution in [1.29, 1.82) is 0 Å². The number of rotatable bonds is 5. The molecular weight excluding hydrogens is 263 g/mol. The molecule has 0 heterocycles. The van der Waals surface area contributed by atoms with Crippen LogP contribution in [-0.2, 0) is 0 Å². The van der Waals surface area contributed by atoms with Crippen LogP contribution in [0.15, 0.2) is 6.07 Å². The molecule has 3 N–H and O–H groups in total. The standard InChI is InChI=1S/C12H14F3NO3/c1-6(3-2-4-17)16-12(19)7-5-8(13)10(15)11(18)9(7)14/h5-6,17-18H,2-4H2,1H3,(H,16,19). The third-order valence-electron chi connectivity index (χ3n) is 2.55. The molecule has 1 rings (SSSR count). The van der Waals surface area contributed by atoms with Gasteiger partial charge in [0.15, 0.2) is 17.4 Å². The Labute approximate surface area is 107 Å². The summed E-state index contributed by atoms with van der Waals surface area (Å²) in [5.41, 5.74) is -0.771. The molecule has 0 saturated heterocycles. The second-order valence-electron chi connectivity index (χ2n) is 4.12. The highest BCUT2D eigenvalue weighted by atomic mass is 19.2. The van der Waals surface area contributed by atoms with Gasteiger partial charge in [-0.2, -0.15) is 4.39 Å². The molecule has 0 spiro atoms. The number of amides is 1. The van der Waals surface area contributed by atoms with E-state index in [4.69, 9.17) is 10.2 Å². The first-order valence-electron chi connectivity index (χ1n) is 5.66. The zero-order valence-electron chi connectivity index (χ0n) is 10.2. The Morgan fingerprint density at radius 2 is 2.00 bits per heavy atom. The van der Waals surface area contributed by atoms with Crippen LogP contribution < -0.4 is 5.32 Å². The summed E-state index contributed by atoms with van der Waals surface area (Å²) in [5.74, 6) is -7.23. The first-order chi connectivity index (χ1) is 8.88. The minimum absolute atomic E-state index is 0.0550. The van der Waals surface area contributed by atoms with Gasteiger partial charge in [0.2, 0.25) is 5.82 Å². The fourth-order valence-electron chi connectivity index (χ4n) is 1.53. The Morgan fingerprint density at radius 3 is 2.58 bits per heavy atom. The molecule has 7 heteroatoms. The largest absolute Gasteiger partial charge is 0.503 e. The lowest BCUT2D eigenvalue weighted by atomic mass is 10.1. The topological polar surface area (TPSA) is 69.6 Å². The molecule has 0 radical (unpaired) electrons. The molecule has 4 nitrogen and oxygen atoms in total. The maximum absolute atomic E-state index is 13.4. The number of carbonyl (C=O) groups excluding carboxylic acids is 1. The number of phenols is 1. The summed E-state index contributed by atoms with van der Waals surface area (Å²) in [5, 5.41) is 20.0. The van der Waals surface area contributed by atoms with Gasteiger partial charge >= 0.3 is 0 Å². The number of phenolic OH excluding ortho intramolecular Hbond substituents is 1. The van der Waals surface area contributed by atoms with Gasteiger partial charge in [-0.15, -0.1) is 0 Å². The van der Waals surface area contributed by atoms with Gasteiger partial charge in [-0.1, -0.05) is 0 Å². The Balaban J connectivity index is 2.89. The van der Waals surface area contributed by atoms with Crippen LogP contribution in [0.4, 0.5) is 13.2 Å². The SMILES string of the molecule is CC(CCCO)NC(=O)c1cc(F)c(F)c(O)c1F. The number of aromatic hydroxyl groups is 1.